The van der Waals surface area contributed by atoms with Crippen LogP contribution in [0.3, 0.4) is 0 Å². The second-order valence-corrected chi connectivity index (χ2v) is 5.70. The Hall–Kier alpha value is -1.96. The number of carbonyl (C=O) groups excluding carboxylic acids is 2. The van der Waals surface area contributed by atoms with Gasteiger partial charge in [0.15, 0.2) is 0 Å². The molecule has 1 amide bonds. The molecule has 0 saturated heterocycles. The van der Waals surface area contributed by atoms with Crippen LogP contribution in [0.25, 0.3) is 0 Å². The van der Waals surface area contributed by atoms with Crippen LogP contribution >= 0.6 is 0 Å². The van der Waals surface area contributed by atoms with Gasteiger partial charge in [0.1, 0.15) is 11.8 Å². The molecule has 0 aromatic heterocycles. The topological polar surface area (TPSA) is 141 Å². The molecule has 138 valence electrons. The van der Waals surface area contributed by atoms with Crippen molar-refractivity contribution in [3.05, 3.63) is 0 Å². The number of Topliss-reactive ketones (excluding diaryl/α,β-unsaturated/α-hetero) is 1. The van der Waals surface area contributed by atoms with Gasteiger partial charge in [0.25, 0.3) is 0 Å². The molecule has 0 aliphatic rings. The maximum Gasteiger partial charge on any atom is 0.326 e. The second-order valence-electron chi connectivity index (χ2n) is 5.70. The van der Waals surface area contributed by atoms with Crippen molar-refractivity contribution in [2.45, 2.75) is 70.3 Å². The van der Waals surface area contributed by atoms with Crippen LogP contribution in [-0.4, -0.2) is 51.6 Å². The van der Waals surface area contributed by atoms with Gasteiger partial charge in [-0.15, -0.1) is 0 Å². The molecule has 4 N–H and O–H groups in total. The normalized spacial score (nSPS) is 11.7. The number of aliphatic hydroxyl groups is 1. The van der Waals surface area contributed by atoms with E-state index in [-0.39, 0.29) is 38.1 Å². The Morgan fingerprint density at radius 1 is 0.833 bits per heavy atom. The summed E-state index contributed by atoms with van der Waals surface area (Å²) in [6.07, 6.45) is 4.83. The van der Waals surface area contributed by atoms with E-state index in [1.807, 2.05) is 0 Å². The maximum absolute atomic E-state index is 11.6. The highest BCUT2D eigenvalue weighted by molar-refractivity contribution is 5.99. The van der Waals surface area contributed by atoms with E-state index >= 15 is 0 Å². The SMILES string of the molecule is O=C(O)CCCCCCCCC(=O)CC(=O)N[C@@H](CCO)C(=O)O. The number of aliphatic carboxylic acids is 2. The number of amides is 1. The summed E-state index contributed by atoms with van der Waals surface area (Å²) in [4.78, 5) is 44.4. The molecule has 0 bridgehead atoms. The molecule has 0 unspecified atom stereocenters. The highest BCUT2D eigenvalue weighted by Gasteiger charge is 2.20. The fraction of sp³-hybridized carbons (Fsp3) is 0.750. The van der Waals surface area contributed by atoms with E-state index in [1.54, 1.807) is 0 Å². The predicted octanol–water partition coefficient (Wildman–Crippen LogP) is 1.10. The van der Waals surface area contributed by atoms with Crippen molar-refractivity contribution < 1.29 is 34.5 Å². The first-order valence-corrected chi connectivity index (χ1v) is 8.23. The van der Waals surface area contributed by atoms with Crippen molar-refractivity contribution in [1.82, 2.24) is 5.32 Å². The number of carboxylic acids is 2. The van der Waals surface area contributed by atoms with Crippen molar-refractivity contribution in [3.8, 4) is 0 Å². The Labute approximate surface area is 141 Å². The van der Waals surface area contributed by atoms with Gasteiger partial charge >= 0.3 is 11.9 Å². The van der Waals surface area contributed by atoms with Crippen molar-refractivity contribution in [1.29, 1.82) is 0 Å². The summed E-state index contributed by atoms with van der Waals surface area (Å²) < 4.78 is 0. The van der Waals surface area contributed by atoms with Gasteiger partial charge in [0, 0.05) is 25.9 Å². The minimum Gasteiger partial charge on any atom is -0.481 e. The molecule has 1 atom stereocenters. The van der Waals surface area contributed by atoms with Crippen LogP contribution in [0, 0.1) is 0 Å². The van der Waals surface area contributed by atoms with Crippen molar-refractivity contribution >= 4 is 23.6 Å². The summed E-state index contributed by atoms with van der Waals surface area (Å²) in [5.74, 6) is -2.92. The molecule has 0 rings (SSSR count). The molecular weight excluding hydrogens is 318 g/mol. The Morgan fingerprint density at radius 2 is 1.38 bits per heavy atom. The first-order valence-electron chi connectivity index (χ1n) is 8.23. The van der Waals surface area contributed by atoms with E-state index in [4.69, 9.17) is 15.3 Å². The zero-order valence-electron chi connectivity index (χ0n) is 13.8. The zero-order chi connectivity index (χ0) is 18.4. The smallest absolute Gasteiger partial charge is 0.326 e. The number of hydrogen-bond acceptors (Lipinski definition) is 5. The van der Waals surface area contributed by atoms with Gasteiger partial charge in [-0.2, -0.15) is 0 Å². The van der Waals surface area contributed by atoms with Crippen molar-refractivity contribution in [2.24, 2.45) is 0 Å². The average molecular weight is 345 g/mol. The number of hydrogen-bond donors (Lipinski definition) is 4. The Kier molecular flexibility index (Phi) is 12.4. The highest BCUT2D eigenvalue weighted by atomic mass is 16.4. The number of nitrogens with one attached hydrogen (secondary N) is 1. The Morgan fingerprint density at radius 3 is 1.88 bits per heavy atom. The van der Waals surface area contributed by atoms with Gasteiger partial charge in [-0.1, -0.05) is 25.7 Å². The van der Waals surface area contributed by atoms with E-state index in [9.17, 15) is 19.2 Å². The molecule has 0 fully saturated rings. The Bertz CT molecular complexity index is 423. The monoisotopic (exact) mass is 345 g/mol. The lowest BCUT2D eigenvalue weighted by atomic mass is 10.1. The lowest BCUT2D eigenvalue weighted by Crippen LogP contribution is -2.42. The molecule has 0 radical (unpaired) electrons. The first-order chi connectivity index (χ1) is 11.4. The van der Waals surface area contributed by atoms with Crippen LogP contribution in [0.5, 0.6) is 0 Å². The van der Waals surface area contributed by atoms with E-state index in [0.29, 0.717) is 12.8 Å². The first kappa shape index (κ1) is 22.0. The molecule has 24 heavy (non-hydrogen) atoms. The largest absolute Gasteiger partial charge is 0.481 e. The predicted molar refractivity (Wildman–Crippen MR) is 85.5 cm³/mol. The molecule has 0 aliphatic carbocycles. The third-order valence-corrected chi connectivity index (χ3v) is 3.51. The zero-order valence-corrected chi connectivity index (χ0v) is 13.8. The number of aliphatic hydroxyl groups excluding tert-OH is 1. The molecule has 0 aromatic rings. The molecule has 0 saturated carbocycles. The number of unbranched alkanes of at least 4 members (excludes halogenated alkanes) is 5. The van der Waals surface area contributed by atoms with Gasteiger partial charge in [-0.3, -0.25) is 14.4 Å². The van der Waals surface area contributed by atoms with Crippen LogP contribution in [0.15, 0.2) is 0 Å². The molecule has 8 nitrogen and oxygen atoms in total. The number of rotatable bonds is 15. The third kappa shape index (κ3) is 12.6. The highest BCUT2D eigenvalue weighted by Crippen LogP contribution is 2.09. The van der Waals surface area contributed by atoms with Gasteiger partial charge in [-0.25, -0.2) is 4.79 Å². The van der Waals surface area contributed by atoms with Gasteiger partial charge < -0.3 is 20.6 Å². The molecule has 0 aliphatic heterocycles. The Balaban J connectivity index is 3.72. The van der Waals surface area contributed by atoms with Crippen LogP contribution in [0.1, 0.15) is 64.2 Å². The third-order valence-electron chi connectivity index (χ3n) is 3.51. The van der Waals surface area contributed by atoms with Crippen molar-refractivity contribution in [3.63, 3.8) is 0 Å². The fourth-order valence-electron chi connectivity index (χ4n) is 2.20. The van der Waals surface area contributed by atoms with Crippen LogP contribution in [-0.2, 0) is 19.2 Å². The van der Waals surface area contributed by atoms with Crippen LogP contribution in [0.2, 0.25) is 0 Å². The van der Waals surface area contributed by atoms with Crippen molar-refractivity contribution in [2.75, 3.05) is 6.61 Å². The molecule has 0 heterocycles. The number of carbonyl (C=O) groups is 4. The summed E-state index contributed by atoms with van der Waals surface area (Å²) in [5, 5.41) is 28.3. The van der Waals surface area contributed by atoms with Gasteiger partial charge in [0.2, 0.25) is 5.91 Å². The summed E-state index contributed by atoms with van der Waals surface area (Å²) in [7, 11) is 0. The van der Waals surface area contributed by atoms with E-state index in [2.05, 4.69) is 5.32 Å². The van der Waals surface area contributed by atoms with Gasteiger partial charge in [-0.05, 0) is 12.8 Å². The molecule has 0 aromatic carbocycles. The minimum absolute atomic E-state index is 0.100. The average Bonchev–Trinajstić information content (AvgIpc) is 2.48. The minimum atomic E-state index is -1.24. The molecular formula is C16H27NO7. The summed E-state index contributed by atoms with van der Waals surface area (Å²) in [6.45, 7) is -0.363. The van der Waals surface area contributed by atoms with E-state index in [0.717, 1.165) is 25.7 Å². The summed E-state index contributed by atoms with van der Waals surface area (Å²) in [6, 6.07) is -1.18. The van der Waals surface area contributed by atoms with Crippen LogP contribution < -0.4 is 5.32 Å². The fourth-order valence-corrected chi connectivity index (χ4v) is 2.20. The van der Waals surface area contributed by atoms with Gasteiger partial charge in [0.05, 0.1) is 6.42 Å². The lowest BCUT2D eigenvalue weighted by Gasteiger charge is -2.12. The molecule has 8 heteroatoms. The quantitative estimate of drug-likeness (QED) is 0.257. The van der Waals surface area contributed by atoms with Crippen LogP contribution in [0.4, 0.5) is 0 Å². The maximum atomic E-state index is 11.6. The van der Waals surface area contributed by atoms with E-state index < -0.39 is 23.9 Å². The lowest BCUT2D eigenvalue weighted by molar-refractivity contribution is -0.143. The molecule has 0 spiro atoms. The van der Waals surface area contributed by atoms with E-state index in [1.165, 1.54) is 0 Å². The second kappa shape index (κ2) is 13.5. The standard InChI is InChI=1S/C16H27NO7/c18-10-9-13(16(23)24)17-14(20)11-12(19)7-5-3-1-2-4-6-8-15(21)22/h13,18H,1-11H2,(H,17,20)(H,21,22)(H,23,24)/t13-/m0/s1. The number of ketones is 1. The summed E-state index contributed by atoms with van der Waals surface area (Å²) in [5.41, 5.74) is 0. The number of carboxylic acid groups (broad SMARTS) is 2. The summed E-state index contributed by atoms with van der Waals surface area (Å²) >= 11 is 0.